The third-order valence-electron chi connectivity index (χ3n) is 2.69. The molecule has 0 bridgehead atoms. The number of rotatable bonds is 8. The average Bonchev–Trinajstić information content (AvgIpc) is 2.45. The van der Waals surface area contributed by atoms with Gasteiger partial charge in [-0.1, -0.05) is 30.3 Å². The largest absolute Gasteiger partial charge is 0.466 e. The number of nitrogens with one attached hydrogen (secondary N) is 1. The second-order valence-electron chi connectivity index (χ2n) is 4.34. The van der Waals surface area contributed by atoms with Crippen LogP contribution in [0.3, 0.4) is 0 Å². The number of esters is 1. The molecule has 5 nitrogen and oxygen atoms in total. The molecule has 6 heteroatoms. The van der Waals surface area contributed by atoms with Crippen LogP contribution in [0.1, 0.15) is 25.3 Å². The molecule has 1 aromatic rings. The Morgan fingerprint density at radius 1 is 1.33 bits per heavy atom. The first-order chi connectivity index (χ1) is 9.72. The molecule has 0 radical (unpaired) electrons. The Labute approximate surface area is 143 Å². The van der Waals surface area contributed by atoms with Crippen molar-refractivity contribution in [3.8, 4) is 0 Å². The summed E-state index contributed by atoms with van der Waals surface area (Å²) in [6.45, 7) is 3.50. The molecule has 0 aliphatic heterocycles. The summed E-state index contributed by atoms with van der Waals surface area (Å²) in [6.07, 6.45) is 1.94. The van der Waals surface area contributed by atoms with Gasteiger partial charge in [-0.15, -0.1) is 24.0 Å². The van der Waals surface area contributed by atoms with E-state index in [9.17, 15) is 4.79 Å². The molecule has 0 unspecified atom stereocenters. The van der Waals surface area contributed by atoms with Crippen molar-refractivity contribution < 1.29 is 9.53 Å². The first-order valence-electron chi connectivity index (χ1n) is 6.95. The molecule has 0 heterocycles. The molecule has 0 aliphatic rings. The van der Waals surface area contributed by atoms with E-state index in [1.165, 1.54) is 5.56 Å². The van der Waals surface area contributed by atoms with E-state index in [0.717, 1.165) is 13.0 Å². The number of carbonyl (C=O) groups excluding carboxylic acids is 1. The zero-order chi connectivity index (χ0) is 14.6. The lowest BCUT2D eigenvalue weighted by Crippen LogP contribution is -2.33. The molecule has 118 valence electrons. The van der Waals surface area contributed by atoms with Crippen molar-refractivity contribution in [2.75, 3.05) is 19.7 Å². The van der Waals surface area contributed by atoms with E-state index in [1.807, 2.05) is 18.2 Å². The second-order valence-corrected chi connectivity index (χ2v) is 4.34. The average molecular weight is 405 g/mol. The Balaban J connectivity index is 0.00000400. The minimum absolute atomic E-state index is 0. The first kappa shape index (κ1) is 19.7. The number of aliphatic imine (C=N–C) groups is 1. The van der Waals surface area contributed by atoms with Gasteiger partial charge in [-0.25, -0.2) is 0 Å². The fraction of sp³-hybridized carbons (Fsp3) is 0.467. The van der Waals surface area contributed by atoms with E-state index in [2.05, 4.69) is 22.4 Å². The van der Waals surface area contributed by atoms with Crippen molar-refractivity contribution in [3.05, 3.63) is 35.9 Å². The van der Waals surface area contributed by atoms with Gasteiger partial charge < -0.3 is 15.8 Å². The summed E-state index contributed by atoms with van der Waals surface area (Å²) in [5, 5.41) is 3.06. The standard InChI is InChI=1S/C15H23N3O2.HI/c1-2-20-14(19)9-6-11-17-15(16)18-12-10-13-7-4-3-5-8-13;/h3-5,7-8H,2,6,9-12H2,1H3,(H3,16,17,18);1H. The lowest BCUT2D eigenvalue weighted by Gasteiger charge is -2.05. The molecule has 0 atom stereocenters. The van der Waals surface area contributed by atoms with Crippen molar-refractivity contribution >= 4 is 35.9 Å². The fourth-order valence-corrected chi connectivity index (χ4v) is 1.69. The van der Waals surface area contributed by atoms with Gasteiger partial charge in [0.15, 0.2) is 5.96 Å². The van der Waals surface area contributed by atoms with Gasteiger partial charge in [0.25, 0.3) is 0 Å². The highest BCUT2D eigenvalue weighted by Gasteiger charge is 2.00. The fourth-order valence-electron chi connectivity index (χ4n) is 1.69. The minimum Gasteiger partial charge on any atom is -0.466 e. The molecule has 0 amide bonds. The van der Waals surface area contributed by atoms with Crippen LogP contribution >= 0.6 is 24.0 Å². The van der Waals surface area contributed by atoms with Gasteiger partial charge in [0.2, 0.25) is 0 Å². The number of ether oxygens (including phenoxy) is 1. The Hall–Kier alpha value is -1.31. The molecule has 0 fully saturated rings. The van der Waals surface area contributed by atoms with Crippen LogP contribution in [-0.2, 0) is 16.0 Å². The molecular formula is C15H24IN3O2. The highest BCUT2D eigenvalue weighted by atomic mass is 127. The van der Waals surface area contributed by atoms with Crippen molar-refractivity contribution in [2.24, 2.45) is 10.7 Å². The third kappa shape index (κ3) is 10.1. The number of halogens is 1. The summed E-state index contributed by atoms with van der Waals surface area (Å²) >= 11 is 0. The molecule has 0 spiro atoms. The highest BCUT2D eigenvalue weighted by molar-refractivity contribution is 14.0. The van der Waals surface area contributed by atoms with Crippen LogP contribution in [0, 0.1) is 0 Å². The zero-order valence-electron chi connectivity index (χ0n) is 12.4. The lowest BCUT2D eigenvalue weighted by molar-refractivity contribution is -0.143. The van der Waals surface area contributed by atoms with Crippen LogP contribution in [0.2, 0.25) is 0 Å². The first-order valence-corrected chi connectivity index (χ1v) is 6.95. The van der Waals surface area contributed by atoms with Gasteiger partial charge in [0, 0.05) is 19.5 Å². The minimum atomic E-state index is -0.182. The van der Waals surface area contributed by atoms with Crippen LogP contribution in [0.25, 0.3) is 0 Å². The maximum atomic E-state index is 11.1. The van der Waals surface area contributed by atoms with Gasteiger partial charge in [-0.3, -0.25) is 9.79 Å². The van der Waals surface area contributed by atoms with Crippen LogP contribution < -0.4 is 11.1 Å². The summed E-state index contributed by atoms with van der Waals surface area (Å²) in [6, 6.07) is 10.2. The molecule has 3 N–H and O–H groups in total. The molecule has 0 saturated carbocycles. The maximum absolute atomic E-state index is 11.1. The second kappa shape index (κ2) is 12.4. The monoisotopic (exact) mass is 405 g/mol. The SMILES string of the molecule is CCOC(=O)CCCN=C(N)NCCc1ccccc1.I. The Morgan fingerprint density at radius 2 is 2.05 bits per heavy atom. The number of nitrogens with zero attached hydrogens (tertiary/aromatic N) is 1. The normalized spacial score (nSPS) is 10.6. The molecule has 21 heavy (non-hydrogen) atoms. The predicted octanol–water partition coefficient (Wildman–Crippen LogP) is 2.09. The third-order valence-corrected chi connectivity index (χ3v) is 2.69. The number of hydrogen-bond donors (Lipinski definition) is 2. The predicted molar refractivity (Wildman–Crippen MR) is 95.9 cm³/mol. The van der Waals surface area contributed by atoms with E-state index in [1.54, 1.807) is 6.92 Å². The lowest BCUT2D eigenvalue weighted by atomic mass is 10.1. The summed E-state index contributed by atoms with van der Waals surface area (Å²) in [5.74, 6) is 0.239. The van der Waals surface area contributed by atoms with Crippen molar-refractivity contribution in [1.29, 1.82) is 0 Å². The number of nitrogens with two attached hydrogens (primary N) is 1. The smallest absolute Gasteiger partial charge is 0.305 e. The van der Waals surface area contributed by atoms with Gasteiger partial charge in [-0.05, 0) is 25.3 Å². The van der Waals surface area contributed by atoms with Gasteiger partial charge in [0.05, 0.1) is 6.61 Å². The molecule has 0 saturated heterocycles. The van der Waals surface area contributed by atoms with E-state index in [-0.39, 0.29) is 29.9 Å². The van der Waals surface area contributed by atoms with E-state index >= 15 is 0 Å². The number of benzene rings is 1. The van der Waals surface area contributed by atoms with Crippen LogP contribution in [0.15, 0.2) is 35.3 Å². The van der Waals surface area contributed by atoms with E-state index in [0.29, 0.717) is 32.0 Å². The topological polar surface area (TPSA) is 76.7 Å². The number of hydrogen-bond acceptors (Lipinski definition) is 3. The van der Waals surface area contributed by atoms with Gasteiger partial charge in [0.1, 0.15) is 0 Å². The Bertz CT molecular complexity index is 424. The quantitative estimate of drug-likeness (QED) is 0.228. The maximum Gasteiger partial charge on any atom is 0.305 e. The Morgan fingerprint density at radius 3 is 2.71 bits per heavy atom. The summed E-state index contributed by atoms with van der Waals surface area (Å²) < 4.78 is 4.83. The van der Waals surface area contributed by atoms with Crippen molar-refractivity contribution in [1.82, 2.24) is 5.32 Å². The highest BCUT2D eigenvalue weighted by Crippen LogP contribution is 1.98. The van der Waals surface area contributed by atoms with E-state index < -0.39 is 0 Å². The van der Waals surface area contributed by atoms with Crippen molar-refractivity contribution in [2.45, 2.75) is 26.2 Å². The molecule has 1 aromatic carbocycles. The summed E-state index contributed by atoms with van der Waals surface area (Å²) in [7, 11) is 0. The van der Waals surface area contributed by atoms with Crippen molar-refractivity contribution in [3.63, 3.8) is 0 Å². The zero-order valence-corrected chi connectivity index (χ0v) is 14.7. The molecule has 0 aliphatic carbocycles. The number of carbonyl (C=O) groups is 1. The van der Waals surface area contributed by atoms with Crippen LogP contribution in [0.4, 0.5) is 0 Å². The van der Waals surface area contributed by atoms with E-state index in [4.69, 9.17) is 10.5 Å². The molecule has 1 rings (SSSR count). The molecular weight excluding hydrogens is 381 g/mol. The van der Waals surface area contributed by atoms with Gasteiger partial charge >= 0.3 is 5.97 Å². The number of guanidine groups is 1. The summed E-state index contributed by atoms with van der Waals surface area (Å²) in [5.41, 5.74) is 7.00. The molecule has 0 aromatic heterocycles. The Kier molecular flexibility index (Phi) is 11.7. The summed E-state index contributed by atoms with van der Waals surface area (Å²) in [4.78, 5) is 15.3. The van der Waals surface area contributed by atoms with Crippen LogP contribution in [-0.4, -0.2) is 31.6 Å². The van der Waals surface area contributed by atoms with Crippen LogP contribution in [0.5, 0.6) is 0 Å². The van der Waals surface area contributed by atoms with Gasteiger partial charge in [-0.2, -0.15) is 0 Å².